The highest BCUT2D eigenvalue weighted by molar-refractivity contribution is 5.82. The van der Waals surface area contributed by atoms with Crippen molar-refractivity contribution in [1.29, 1.82) is 5.41 Å². The van der Waals surface area contributed by atoms with Crippen LogP contribution >= 0.6 is 0 Å². The van der Waals surface area contributed by atoms with Gasteiger partial charge in [-0.05, 0) is 31.2 Å². The third-order valence-corrected chi connectivity index (χ3v) is 3.42. The molecule has 0 amide bonds. The number of hydrogen-bond donors (Lipinski definition) is 2. The summed E-state index contributed by atoms with van der Waals surface area (Å²) < 4.78 is 5.62. The van der Waals surface area contributed by atoms with Gasteiger partial charge < -0.3 is 10.5 Å². The fourth-order valence-corrected chi connectivity index (χ4v) is 1.88. The molecule has 0 bridgehead atoms. The van der Waals surface area contributed by atoms with Crippen LogP contribution < -0.4 is 5.73 Å². The van der Waals surface area contributed by atoms with Gasteiger partial charge in [0.25, 0.3) is 0 Å². The second kappa shape index (κ2) is 7.95. The molecule has 1 aromatic carbocycles. The number of rotatable bonds is 9. The summed E-state index contributed by atoms with van der Waals surface area (Å²) >= 11 is 0. The van der Waals surface area contributed by atoms with Crippen molar-refractivity contribution in [2.75, 3.05) is 13.2 Å². The fourth-order valence-electron chi connectivity index (χ4n) is 1.88. The van der Waals surface area contributed by atoms with Gasteiger partial charge in [0, 0.05) is 18.6 Å². The zero-order chi connectivity index (χ0) is 14.1. The Hall–Kier alpha value is -1.35. The molecule has 0 aromatic heterocycles. The first-order valence-corrected chi connectivity index (χ1v) is 6.98. The van der Waals surface area contributed by atoms with Gasteiger partial charge in [-0.15, -0.1) is 0 Å². The summed E-state index contributed by atoms with van der Waals surface area (Å²) in [7, 11) is 0. The van der Waals surface area contributed by atoms with Gasteiger partial charge in [-0.3, -0.25) is 5.41 Å². The van der Waals surface area contributed by atoms with E-state index in [1.165, 1.54) is 5.56 Å². The van der Waals surface area contributed by atoms with Gasteiger partial charge in [0.15, 0.2) is 0 Å². The minimum atomic E-state index is -0.201. The lowest BCUT2D eigenvalue weighted by atomic mass is 9.87. The van der Waals surface area contributed by atoms with Crippen LogP contribution in [0.1, 0.15) is 38.7 Å². The van der Waals surface area contributed by atoms with Crippen LogP contribution in [0.5, 0.6) is 0 Å². The third kappa shape index (κ3) is 6.39. The molecule has 19 heavy (non-hydrogen) atoms. The van der Waals surface area contributed by atoms with E-state index in [1.807, 2.05) is 19.9 Å². The molecule has 0 fully saturated rings. The van der Waals surface area contributed by atoms with Crippen molar-refractivity contribution in [1.82, 2.24) is 0 Å². The topological polar surface area (TPSA) is 59.1 Å². The summed E-state index contributed by atoms with van der Waals surface area (Å²) in [4.78, 5) is 0. The van der Waals surface area contributed by atoms with Crippen molar-refractivity contribution in [3.8, 4) is 0 Å². The highest BCUT2D eigenvalue weighted by atomic mass is 16.5. The molecule has 0 spiro atoms. The molecule has 0 saturated carbocycles. The van der Waals surface area contributed by atoms with E-state index in [9.17, 15) is 0 Å². The maximum Gasteiger partial charge on any atom is 0.0963 e. The molecule has 0 aliphatic rings. The van der Waals surface area contributed by atoms with Gasteiger partial charge in [0.05, 0.1) is 5.84 Å². The van der Waals surface area contributed by atoms with E-state index in [0.29, 0.717) is 0 Å². The molecule has 0 saturated heterocycles. The molecule has 0 aliphatic heterocycles. The average molecular weight is 262 g/mol. The van der Waals surface area contributed by atoms with Gasteiger partial charge in [-0.25, -0.2) is 0 Å². The lowest BCUT2D eigenvalue weighted by Crippen LogP contribution is -2.31. The Labute approximate surface area is 116 Å². The predicted molar refractivity (Wildman–Crippen MR) is 80.5 cm³/mol. The summed E-state index contributed by atoms with van der Waals surface area (Å²) in [5, 5.41) is 7.48. The Morgan fingerprint density at radius 1 is 1.16 bits per heavy atom. The van der Waals surface area contributed by atoms with Crippen LogP contribution in [0, 0.1) is 10.8 Å². The van der Waals surface area contributed by atoms with Gasteiger partial charge in [0.1, 0.15) is 0 Å². The Balaban J connectivity index is 2.02. The number of ether oxygens (including phenoxy) is 1. The third-order valence-electron chi connectivity index (χ3n) is 3.42. The summed E-state index contributed by atoms with van der Waals surface area (Å²) in [5.41, 5.74) is 6.70. The number of aryl methyl sites for hydroxylation is 1. The van der Waals surface area contributed by atoms with E-state index in [1.54, 1.807) is 0 Å². The van der Waals surface area contributed by atoms with Gasteiger partial charge in [-0.2, -0.15) is 0 Å². The zero-order valence-corrected chi connectivity index (χ0v) is 12.1. The van der Waals surface area contributed by atoms with E-state index in [4.69, 9.17) is 15.9 Å². The minimum Gasteiger partial charge on any atom is -0.387 e. The first-order chi connectivity index (χ1) is 9.02. The van der Waals surface area contributed by atoms with Gasteiger partial charge in [-0.1, -0.05) is 44.2 Å². The Morgan fingerprint density at radius 2 is 1.79 bits per heavy atom. The highest BCUT2D eigenvalue weighted by Crippen LogP contribution is 2.21. The standard InChI is InChI=1S/C16H26N2O/c1-16(2,15(17)18)11-7-13-19-12-6-10-14-8-4-3-5-9-14/h3-5,8-9H,6-7,10-13H2,1-2H3,(H3,17,18). The normalized spacial score (nSPS) is 11.5. The highest BCUT2D eigenvalue weighted by Gasteiger charge is 2.20. The SMILES string of the molecule is CC(C)(CCCOCCCc1ccccc1)C(=N)N. The molecule has 0 heterocycles. The monoisotopic (exact) mass is 262 g/mol. The molecule has 0 atom stereocenters. The number of benzene rings is 1. The maximum absolute atomic E-state index is 7.48. The minimum absolute atomic E-state index is 0.201. The second-order valence-electron chi connectivity index (χ2n) is 5.60. The van der Waals surface area contributed by atoms with E-state index < -0.39 is 0 Å². The van der Waals surface area contributed by atoms with Crippen molar-refractivity contribution in [2.24, 2.45) is 11.1 Å². The fraction of sp³-hybridized carbons (Fsp3) is 0.562. The van der Waals surface area contributed by atoms with Crippen LogP contribution in [0.2, 0.25) is 0 Å². The molecule has 106 valence electrons. The Kier molecular flexibility index (Phi) is 6.57. The average Bonchev–Trinajstić information content (AvgIpc) is 2.38. The summed E-state index contributed by atoms with van der Waals surface area (Å²) in [6.07, 6.45) is 3.98. The first kappa shape index (κ1) is 15.7. The lowest BCUT2D eigenvalue weighted by Gasteiger charge is -2.22. The summed E-state index contributed by atoms with van der Waals surface area (Å²) in [6, 6.07) is 10.5. The quantitative estimate of drug-likeness (QED) is 0.407. The molecular weight excluding hydrogens is 236 g/mol. The van der Waals surface area contributed by atoms with Crippen molar-refractivity contribution < 1.29 is 4.74 Å². The molecule has 3 nitrogen and oxygen atoms in total. The van der Waals surface area contributed by atoms with Crippen LogP contribution in [0.4, 0.5) is 0 Å². The van der Waals surface area contributed by atoms with Crippen molar-refractivity contribution >= 4 is 5.84 Å². The zero-order valence-electron chi connectivity index (χ0n) is 12.1. The summed E-state index contributed by atoms with van der Waals surface area (Å²) in [5.74, 6) is 0.261. The second-order valence-corrected chi connectivity index (χ2v) is 5.60. The van der Waals surface area contributed by atoms with Crippen molar-refractivity contribution in [3.63, 3.8) is 0 Å². The maximum atomic E-state index is 7.48. The molecule has 0 aliphatic carbocycles. The van der Waals surface area contributed by atoms with Crippen molar-refractivity contribution in [2.45, 2.75) is 39.5 Å². The number of nitrogens with two attached hydrogens (primary N) is 1. The van der Waals surface area contributed by atoms with Crippen LogP contribution in [-0.2, 0) is 11.2 Å². The molecule has 0 unspecified atom stereocenters. The van der Waals surface area contributed by atoms with Crippen LogP contribution in [0.25, 0.3) is 0 Å². The first-order valence-electron chi connectivity index (χ1n) is 6.98. The Bertz CT molecular complexity index is 374. The van der Waals surface area contributed by atoms with Gasteiger partial charge >= 0.3 is 0 Å². The van der Waals surface area contributed by atoms with Crippen molar-refractivity contribution in [3.05, 3.63) is 35.9 Å². The van der Waals surface area contributed by atoms with E-state index in [-0.39, 0.29) is 11.3 Å². The molecule has 0 radical (unpaired) electrons. The predicted octanol–water partition coefficient (Wildman–Crippen LogP) is 3.38. The largest absolute Gasteiger partial charge is 0.387 e. The summed E-state index contributed by atoms with van der Waals surface area (Å²) in [6.45, 7) is 5.57. The van der Waals surface area contributed by atoms with Crippen LogP contribution in [0.15, 0.2) is 30.3 Å². The van der Waals surface area contributed by atoms with Crippen LogP contribution in [-0.4, -0.2) is 19.0 Å². The smallest absolute Gasteiger partial charge is 0.0963 e. The Morgan fingerprint density at radius 3 is 2.42 bits per heavy atom. The van der Waals surface area contributed by atoms with Gasteiger partial charge in [0.2, 0.25) is 0 Å². The molecule has 3 heteroatoms. The molecule has 1 rings (SSSR count). The molecule has 3 N–H and O–H groups in total. The van der Waals surface area contributed by atoms with E-state index in [2.05, 4.69) is 24.3 Å². The number of hydrogen-bond acceptors (Lipinski definition) is 2. The molecule has 1 aromatic rings. The van der Waals surface area contributed by atoms with E-state index >= 15 is 0 Å². The number of nitrogens with one attached hydrogen (secondary N) is 1. The number of amidine groups is 1. The van der Waals surface area contributed by atoms with Crippen LogP contribution in [0.3, 0.4) is 0 Å². The molecular formula is C16H26N2O. The van der Waals surface area contributed by atoms with E-state index in [0.717, 1.165) is 38.9 Å². The lowest BCUT2D eigenvalue weighted by molar-refractivity contribution is 0.123.